The summed E-state index contributed by atoms with van der Waals surface area (Å²) in [5.74, 6) is -2.69. The van der Waals surface area contributed by atoms with Gasteiger partial charge in [0.15, 0.2) is 11.6 Å². The number of halogens is 2. The molecule has 0 saturated heterocycles. The molecule has 2 rings (SSSR count). The van der Waals surface area contributed by atoms with Crippen molar-refractivity contribution in [1.82, 2.24) is 5.32 Å². The normalized spacial score (nSPS) is 15.5. The second-order valence-electron chi connectivity index (χ2n) is 4.89. The Labute approximate surface area is 116 Å². The van der Waals surface area contributed by atoms with Gasteiger partial charge in [0.05, 0.1) is 18.3 Å². The van der Waals surface area contributed by atoms with E-state index in [-0.39, 0.29) is 17.4 Å². The van der Waals surface area contributed by atoms with Gasteiger partial charge in [0.25, 0.3) is 5.91 Å². The first-order valence-corrected chi connectivity index (χ1v) is 6.72. The van der Waals surface area contributed by atoms with Crippen molar-refractivity contribution >= 4 is 11.6 Å². The summed E-state index contributed by atoms with van der Waals surface area (Å²) in [6.07, 6.45) is 4.76. The fourth-order valence-corrected chi connectivity index (χ4v) is 2.30. The maximum absolute atomic E-state index is 13.1. The molecule has 6 heteroatoms. The number of hydrogen-bond acceptors (Lipinski definition) is 3. The van der Waals surface area contributed by atoms with Gasteiger partial charge in [-0.05, 0) is 18.9 Å². The summed E-state index contributed by atoms with van der Waals surface area (Å²) < 4.78 is 31.6. The van der Waals surface area contributed by atoms with E-state index in [4.69, 9.17) is 10.5 Å². The molecule has 0 heterocycles. The molecule has 1 saturated carbocycles. The van der Waals surface area contributed by atoms with Crippen molar-refractivity contribution in [2.45, 2.75) is 31.8 Å². The van der Waals surface area contributed by atoms with Crippen LogP contribution in [-0.4, -0.2) is 25.2 Å². The van der Waals surface area contributed by atoms with Crippen molar-refractivity contribution in [2.24, 2.45) is 0 Å². The third-order valence-electron chi connectivity index (χ3n) is 3.38. The van der Waals surface area contributed by atoms with Gasteiger partial charge in [0, 0.05) is 18.3 Å². The number of nitrogens with one attached hydrogen (secondary N) is 1. The summed E-state index contributed by atoms with van der Waals surface area (Å²) in [5, 5.41) is 2.58. The van der Waals surface area contributed by atoms with Crippen LogP contribution < -0.4 is 11.1 Å². The summed E-state index contributed by atoms with van der Waals surface area (Å²) in [4.78, 5) is 11.8. The van der Waals surface area contributed by atoms with E-state index in [0.29, 0.717) is 13.2 Å². The third-order valence-corrected chi connectivity index (χ3v) is 3.38. The van der Waals surface area contributed by atoms with Gasteiger partial charge in [-0.3, -0.25) is 4.79 Å². The van der Waals surface area contributed by atoms with Crippen LogP contribution >= 0.6 is 0 Å². The number of benzene rings is 1. The van der Waals surface area contributed by atoms with E-state index in [2.05, 4.69) is 5.32 Å². The molecule has 1 aromatic carbocycles. The molecule has 0 radical (unpaired) electrons. The van der Waals surface area contributed by atoms with Gasteiger partial charge in [0.1, 0.15) is 0 Å². The number of carbonyl (C=O) groups excluding carboxylic acids is 1. The van der Waals surface area contributed by atoms with Crippen LogP contribution in [0.1, 0.15) is 36.0 Å². The van der Waals surface area contributed by atoms with Crippen molar-refractivity contribution in [2.75, 3.05) is 18.9 Å². The molecule has 1 aliphatic carbocycles. The molecule has 4 nitrogen and oxygen atoms in total. The highest BCUT2D eigenvalue weighted by Gasteiger charge is 2.16. The lowest BCUT2D eigenvalue weighted by Gasteiger charge is -2.12. The first-order chi connectivity index (χ1) is 9.58. The van der Waals surface area contributed by atoms with E-state index in [1.165, 1.54) is 12.8 Å². The van der Waals surface area contributed by atoms with Crippen molar-refractivity contribution < 1.29 is 18.3 Å². The van der Waals surface area contributed by atoms with Crippen LogP contribution in [0.25, 0.3) is 0 Å². The molecule has 0 atom stereocenters. The largest absolute Gasteiger partial charge is 0.398 e. The highest BCUT2D eigenvalue weighted by Crippen LogP contribution is 2.20. The number of carbonyl (C=O) groups is 1. The fourth-order valence-electron chi connectivity index (χ4n) is 2.30. The first kappa shape index (κ1) is 14.7. The van der Waals surface area contributed by atoms with Crippen molar-refractivity contribution in [3.8, 4) is 0 Å². The lowest BCUT2D eigenvalue weighted by atomic mass is 10.1. The molecule has 1 aliphatic rings. The molecule has 3 N–H and O–H groups in total. The molecule has 110 valence electrons. The van der Waals surface area contributed by atoms with E-state index in [9.17, 15) is 13.6 Å². The maximum atomic E-state index is 13.1. The van der Waals surface area contributed by atoms with E-state index in [1.54, 1.807) is 0 Å². The predicted molar refractivity (Wildman–Crippen MR) is 71.3 cm³/mol. The summed E-state index contributed by atoms with van der Waals surface area (Å²) in [6, 6.07) is 1.61. The summed E-state index contributed by atoms with van der Waals surface area (Å²) in [5.41, 5.74) is 5.35. The Bertz CT molecular complexity index is 488. The molecule has 0 spiro atoms. The van der Waals surface area contributed by atoms with Gasteiger partial charge in [0.2, 0.25) is 0 Å². The van der Waals surface area contributed by atoms with Crippen LogP contribution in [-0.2, 0) is 4.74 Å². The summed E-state index contributed by atoms with van der Waals surface area (Å²) in [6.45, 7) is 0.716. The Morgan fingerprint density at radius 2 is 1.95 bits per heavy atom. The zero-order valence-electron chi connectivity index (χ0n) is 11.1. The number of hydrogen-bond donors (Lipinski definition) is 2. The number of amides is 1. The average molecular weight is 284 g/mol. The standard InChI is InChI=1S/C14H18F2N2O2/c15-11-7-10(13(17)8-12(11)16)14(19)18-5-6-20-9-3-1-2-4-9/h7-9H,1-6,17H2,(H,18,19). The van der Waals surface area contributed by atoms with Gasteiger partial charge in [-0.1, -0.05) is 12.8 Å². The molecular weight excluding hydrogens is 266 g/mol. The zero-order chi connectivity index (χ0) is 14.5. The molecule has 1 aromatic rings. The first-order valence-electron chi connectivity index (χ1n) is 6.72. The molecule has 0 unspecified atom stereocenters. The Hall–Kier alpha value is -1.69. The predicted octanol–water partition coefficient (Wildman–Crippen LogP) is 2.24. The SMILES string of the molecule is Nc1cc(F)c(F)cc1C(=O)NCCOC1CCCC1. The number of nitrogen functional groups attached to an aromatic ring is 1. The van der Waals surface area contributed by atoms with Crippen molar-refractivity contribution in [3.63, 3.8) is 0 Å². The van der Waals surface area contributed by atoms with Crippen LogP contribution in [0.4, 0.5) is 14.5 Å². The van der Waals surface area contributed by atoms with E-state index in [1.807, 2.05) is 0 Å². The van der Waals surface area contributed by atoms with E-state index in [0.717, 1.165) is 25.0 Å². The molecule has 0 bridgehead atoms. The second kappa shape index (κ2) is 6.65. The number of anilines is 1. The van der Waals surface area contributed by atoms with Crippen molar-refractivity contribution in [1.29, 1.82) is 0 Å². The monoisotopic (exact) mass is 284 g/mol. The molecule has 0 aromatic heterocycles. The van der Waals surface area contributed by atoms with Crippen LogP contribution in [0.3, 0.4) is 0 Å². The zero-order valence-corrected chi connectivity index (χ0v) is 11.1. The minimum Gasteiger partial charge on any atom is -0.398 e. The van der Waals surface area contributed by atoms with Gasteiger partial charge >= 0.3 is 0 Å². The Morgan fingerprint density at radius 3 is 2.65 bits per heavy atom. The van der Waals surface area contributed by atoms with Gasteiger partial charge in [-0.2, -0.15) is 0 Å². The van der Waals surface area contributed by atoms with Gasteiger partial charge in [-0.15, -0.1) is 0 Å². The Balaban J connectivity index is 1.81. The van der Waals surface area contributed by atoms with Crippen LogP contribution in [0, 0.1) is 11.6 Å². The van der Waals surface area contributed by atoms with Crippen molar-refractivity contribution in [3.05, 3.63) is 29.3 Å². The van der Waals surface area contributed by atoms with E-state index < -0.39 is 17.5 Å². The number of nitrogens with two attached hydrogens (primary N) is 1. The molecule has 1 fully saturated rings. The average Bonchev–Trinajstić information content (AvgIpc) is 2.92. The molecule has 0 aliphatic heterocycles. The smallest absolute Gasteiger partial charge is 0.253 e. The Kier molecular flexibility index (Phi) is 4.89. The number of rotatable bonds is 5. The molecule has 1 amide bonds. The lowest BCUT2D eigenvalue weighted by Crippen LogP contribution is -2.29. The van der Waals surface area contributed by atoms with Crippen LogP contribution in [0.5, 0.6) is 0 Å². The van der Waals surface area contributed by atoms with Gasteiger partial charge in [-0.25, -0.2) is 8.78 Å². The van der Waals surface area contributed by atoms with E-state index >= 15 is 0 Å². The minimum absolute atomic E-state index is 0.0650. The number of ether oxygens (including phenoxy) is 1. The summed E-state index contributed by atoms with van der Waals surface area (Å²) in [7, 11) is 0. The van der Waals surface area contributed by atoms with Gasteiger partial charge < -0.3 is 15.8 Å². The second-order valence-corrected chi connectivity index (χ2v) is 4.89. The molecule has 20 heavy (non-hydrogen) atoms. The highest BCUT2D eigenvalue weighted by molar-refractivity contribution is 5.99. The highest BCUT2D eigenvalue weighted by atomic mass is 19.2. The van der Waals surface area contributed by atoms with Crippen LogP contribution in [0.2, 0.25) is 0 Å². The maximum Gasteiger partial charge on any atom is 0.253 e. The topological polar surface area (TPSA) is 64.4 Å². The van der Waals surface area contributed by atoms with Crippen LogP contribution in [0.15, 0.2) is 12.1 Å². The summed E-state index contributed by atoms with van der Waals surface area (Å²) >= 11 is 0. The third kappa shape index (κ3) is 3.66. The minimum atomic E-state index is -1.09. The Morgan fingerprint density at radius 1 is 1.30 bits per heavy atom. The lowest BCUT2D eigenvalue weighted by molar-refractivity contribution is 0.0582. The quantitative estimate of drug-likeness (QED) is 0.644. The fraction of sp³-hybridized carbons (Fsp3) is 0.500. The molecular formula is C14H18F2N2O2.